The van der Waals surface area contributed by atoms with E-state index in [1.54, 1.807) is 51.4 Å². The van der Waals surface area contributed by atoms with E-state index in [1.165, 1.54) is 4.58 Å². The van der Waals surface area contributed by atoms with Gasteiger partial charge in [0.2, 0.25) is 0 Å². The monoisotopic (exact) mass is 301 g/mol. The summed E-state index contributed by atoms with van der Waals surface area (Å²) in [7, 11) is 2.22. The van der Waals surface area contributed by atoms with Gasteiger partial charge in [-0.1, -0.05) is 30.3 Å². The largest absolute Gasteiger partial charge is 0.522 e. The van der Waals surface area contributed by atoms with Gasteiger partial charge in [0.1, 0.15) is 29.9 Å². The lowest BCUT2D eigenvalue weighted by atomic mass is 10.1. The van der Waals surface area contributed by atoms with E-state index in [4.69, 9.17) is 0 Å². The van der Waals surface area contributed by atoms with Gasteiger partial charge in [-0.15, -0.1) is 0 Å². The maximum atomic E-state index is 10.9. The molecule has 0 aliphatic heterocycles. The van der Waals surface area contributed by atoms with Crippen molar-refractivity contribution in [3.63, 3.8) is 0 Å². The molecule has 0 saturated carbocycles. The fraction of sp³-hybridized carbons (Fsp3) is 0.308. The Bertz CT molecular complexity index is 503. The van der Waals surface area contributed by atoms with Crippen molar-refractivity contribution in [3.8, 4) is 0 Å². The molecule has 0 amide bonds. The Hall–Kier alpha value is -1.60. The summed E-state index contributed by atoms with van der Waals surface area (Å²) in [5, 5.41) is 0. The molecule has 6 nitrogen and oxygen atoms in total. The van der Waals surface area contributed by atoms with Crippen molar-refractivity contribution in [2.24, 2.45) is 0 Å². The van der Waals surface area contributed by atoms with Crippen LogP contribution < -0.4 is 14.0 Å². The molecule has 0 heterocycles. The van der Waals surface area contributed by atoms with Gasteiger partial charge in [-0.2, -0.15) is 18.6 Å². The van der Waals surface area contributed by atoms with Gasteiger partial charge in [0.15, 0.2) is 0 Å². The topological polar surface area (TPSA) is 84.7 Å². The number of benzene rings is 1. The first-order chi connectivity index (χ1) is 9.20. The number of rotatable bonds is 4. The summed E-state index contributed by atoms with van der Waals surface area (Å²) >= 11 is 0. The van der Waals surface area contributed by atoms with Crippen LogP contribution in [0.1, 0.15) is 5.56 Å². The number of nitrogens with zero attached hydrogens (tertiary/aromatic N) is 2. The van der Waals surface area contributed by atoms with Crippen molar-refractivity contribution in [2.75, 3.05) is 28.2 Å². The lowest BCUT2D eigenvalue weighted by Gasteiger charge is -2.14. The molecule has 1 rings (SSSR count). The molecule has 0 atom stereocenters. The van der Waals surface area contributed by atoms with Gasteiger partial charge in [0.25, 0.3) is 0 Å². The molecule has 0 aliphatic rings. The van der Waals surface area contributed by atoms with Crippen LogP contribution in [0.3, 0.4) is 0 Å². The Balaban J connectivity index is 3.33. The van der Waals surface area contributed by atoms with Crippen LogP contribution in [0.25, 0.3) is 5.57 Å². The fourth-order valence-electron chi connectivity index (χ4n) is 1.57. The van der Waals surface area contributed by atoms with Crippen LogP contribution in [0, 0.1) is 10.2 Å². The minimum Gasteiger partial charge on any atom is -0.383 e. The second-order valence-electron chi connectivity index (χ2n) is 4.53. The molecule has 0 unspecified atom stereocenters. The van der Waals surface area contributed by atoms with Crippen molar-refractivity contribution in [1.29, 1.82) is 0 Å². The first-order valence-corrected chi connectivity index (χ1v) is 7.03. The zero-order valence-corrected chi connectivity index (χ0v) is 12.6. The predicted octanol–water partition coefficient (Wildman–Crippen LogP) is -1.83. The first kappa shape index (κ1) is 16.5. The summed E-state index contributed by atoms with van der Waals surface area (Å²) in [6, 6.07) is 9.08. The summed E-state index contributed by atoms with van der Waals surface area (Å²) < 4.78 is 38.6. The van der Waals surface area contributed by atoms with E-state index >= 15 is 0 Å². The van der Waals surface area contributed by atoms with E-state index in [1.807, 2.05) is 18.2 Å². The molecule has 1 aromatic carbocycles. The summed E-state index contributed by atoms with van der Waals surface area (Å²) in [5.41, 5.74) is 1.23. The normalized spacial score (nSPS) is 12.1. The molecule has 0 N–H and O–H groups in total. The van der Waals surface area contributed by atoms with E-state index < -0.39 is 10.2 Å². The summed E-state index contributed by atoms with van der Waals surface area (Å²) in [5.74, 6) is -0.0402. The van der Waals surface area contributed by atoms with Gasteiger partial charge < -0.3 is 4.90 Å². The summed E-state index contributed by atoms with van der Waals surface area (Å²) in [4.78, 5) is 1.74. The highest BCUT2D eigenvalue weighted by atomic mass is 35.7. The van der Waals surface area contributed by atoms with Gasteiger partial charge >= 0.3 is 5.90 Å². The molecule has 0 aliphatic carbocycles. The molecule has 7 heteroatoms. The Morgan fingerprint density at radius 2 is 1.70 bits per heavy atom. The van der Waals surface area contributed by atoms with Crippen molar-refractivity contribution in [2.45, 2.75) is 0 Å². The third-order valence-electron chi connectivity index (χ3n) is 2.28. The molecule has 0 saturated heterocycles. The molecule has 20 heavy (non-hydrogen) atoms. The van der Waals surface area contributed by atoms with Crippen LogP contribution in [0.4, 0.5) is 0 Å². The maximum absolute atomic E-state index is 10.9. The van der Waals surface area contributed by atoms with E-state index in [0.717, 1.165) is 5.56 Å². The Kier molecular flexibility index (Phi) is 5.52. The molecule has 0 radical (unpaired) electrons. The van der Waals surface area contributed by atoms with Crippen molar-refractivity contribution in [1.82, 2.24) is 4.90 Å². The second-order valence-corrected chi connectivity index (χ2v) is 5.44. The third-order valence-corrected chi connectivity index (χ3v) is 2.61. The lowest BCUT2D eigenvalue weighted by Crippen LogP contribution is -2.62. The van der Waals surface area contributed by atoms with Gasteiger partial charge in [-0.25, -0.2) is 0 Å². The molecule has 0 aromatic heterocycles. The highest BCUT2D eigenvalue weighted by molar-refractivity contribution is 6.16. The van der Waals surface area contributed by atoms with Crippen LogP contribution >= 0.6 is 0 Å². The minimum atomic E-state index is -4.56. The first-order valence-electron chi connectivity index (χ1n) is 5.79. The Morgan fingerprint density at radius 3 is 2.10 bits per heavy atom. The van der Waals surface area contributed by atoms with E-state index in [-0.39, 0.29) is 5.90 Å². The van der Waals surface area contributed by atoms with Crippen LogP contribution in [-0.4, -0.2) is 43.6 Å². The van der Waals surface area contributed by atoms with Crippen LogP contribution in [0.5, 0.6) is 0 Å². The number of halogens is 1. The van der Waals surface area contributed by atoms with Gasteiger partial charge in [0.05, 0.1) is 0 Å². The average molecular weight is 302 g/mol. The zero-order valence-electron chi connectivity index (χ0n) is 11.9. The molecular weight excluding hydrogens is 284 g/mol. The lowest BCUT2D eigenvalue weighted by molar-refractivity contribution is -1.92. The van der Waals surface area contributed by atoms with Gasteiger partial charge in [-0.3, -0.25) is 0 Å². The highest BCUT2D eigenvalue weighted by Crippen LogP contribution is 2.18. The third kappa shape index (κ3) is 5.18. The Labute approximate surface area is 120 Å². The van der Waals surface area contributed by atoms with Crippen LogP contribution in [0.2, 0.25) is 0 Å². The fourth-order valence-corrected chi connectivity index (χ4v) is 1.97. The molecule has 1 aromatic rings. The van der Waals surface area contributed by atoms with Gasteiger partial charge in [-0.05, 0) is 5.56 Å². The van der Waals surface area contributed by atoms with Crippen LogP contribution in [0.15, 0.2) is 36.5 Å². The molecular formula is C13H18ClN2O4+. The molecule has 0 spiro atoms. The average Bonchev–Trinajstić information content (AvgIpc) is 2.33. The molecule has 110 valence electrons. The second kappa shape index (κ2) is 6.71. The van der Waals surface area contributed by atoms with E-state index in [0.29, 0.717) is 5.57 Å². The maximum Gasteiger partial charge on any atom is 0.522 e. The van der Waals surface area contributed by atoms with Crippen molar-refractivity contribution in [3.05, 3.63) is 42.1 Å². The minimum absolute atomic E-state index is 0.0402. The summed E-state index contributed by atoms with van der Waals surface area (Å²) in [6.45, 7) is 0. The van der Waals surface area contributed by atoms with Crippen molar-refractivity contribution >= 4 is 11.5 Å². The van der Waals surface area contributed by atoms with Crippen LogP contribution in [-0.2, 0) is 4.29 Å². The smallest absolute Gasteiger partial charge is 0.383 e. The standard InChI is InChI=1S/C13H18ClN2O4/c1-15(2)10-12(11-8-6-5-7-9-11)13(16(3)4)20-14(17,18)19/h5-10H,1-4H3/q+1. The summed E-state index contributed by atoms with van der Waals surface area (Å²) in [6.07, 6.45) is 1.69. The van der Waals surface area contributed by atoms with E-state index in [2.05, 4.69) is 4.29 Å². The highest BCUT2D eigenvalue weighted by Gasteiger charge is 2.35. The van der Waals surface area contributed by atoms with E-state index in [9.17, 15) is 14.0 Å². The predicted molar refractivity (Wildman–Crippen MR) is 66.3 cm³/mol. The quantitative estimate of drug-likeness (QED) is 0.371. The van der Waals surface area contributed by atoms with Crippen molar-refractivity contribution < 1.29 is 33.1 Å². The Morgan fingerprint density at radius 1 is 1.15 bits per heavy atom. The number of hydrogen-bond acceptors (Lipinski definition) is 5. The molecule has 0 bridgehead atoms. The van der Waals surface area contributed by atoms with Gasteiger partial charge in [0, 0.05) is 24.6 Å². The zero-order chi connectivity index (χ0) is 15.3. The number of hydrogen-bond donors (Lipinski definition) is 0. The molecule has 0 fully saturated rings. The SMILES string of the molecule is CN(C)C=C(C(O[Cl+3]([O-])([O-])[O-])=[N+](C)C)c1ccccc1.